The third-order valence-corrected chi connectivity index (χ3v) is 4.43. The number of thiophene rings is 1. The molecule has 1 unspecified atom stereocenters. The van der Waals surface area contributed by atoms with Gasteiger partial charge in [0.15, 0.2) is 0 Å². The molecule has 3 aromatic rings. The standard InChI is InChI=1S/C17H15NO4S/c19-13(15-6-3-9-23-15)7-8-18-16(20)12-10-11-4-1-2-5-14(11)22-17(12)21/h1-6,9-10,13,19H,7-8H2,(H,18,20). The smallest absolute Gasteiger partial charge is 0.349 e. The number of nitrogens with one attached hydrogen (secondary N) is 1. The van der Waals surface area contributed by atoms with Crippen LogP contribution in [0.4, 0.5) is 0 Å². The maximum Gasteiger partial charge on any atom is 0.349 e. The van der Waals surface area contributed by atoms with Gasteiger partial charge in [-0.25, -0.2) is 4.79 Å². The van der Waals surface area contributed by atoms with Gasteiger partial charge in [-0.05, 0) is 30.0 Å². The zero-order valence-corrected chi connectivity index (χ0v) is 13.0. The normalized spacial score (nSPS) is 12.2. The van der Waals surface area contributed by atoms with Crippen LogP contribution in [-0.4, -0.2) is 17.6 Å². The average molecular weight is 329 g/mol. The largest absolute Gasteiger partial charge is 0.422 e. The fourth-order valence-electron chi connectivity index (χ4n) is 2.26. The molecule has 1 amide bonds. The predicted octanol–water partition coefficient (Wildman–Crippen LogP) is 2.71. The van der Waals surface area contributed by atoms with E-state index in [1.54, 1.807) is 24.3 Å². The molecule has 6 heteroatoms. The van der Waals surface area contributed by atoms with E-state index in [1.807, 2.05) is 17.5 Å². The quantitative estimate of drug-likeness (QED) is 0.705. The van der Waals surface area contributed by atoms with Gasteiger partial charge in [-0.3, -0.25) is 4.79 Å². The summed E-state index contributed by atoms with van der Waals surface area (Å²) >= 11 is 1.46. The maximum atomic E-state index is 12.1. The van der Waals surface area contributed by atoms with Gasteiger partial charge in [-0.1, -0.05) is 24.3 Å². The van der Waals surface area contributed by atoms with E-state index in [0.717, 1.165) is 4.88 Å². The molecule has 0 saturated carbocycles. The second kappa shape index (κ2) is 6.76. The molecule has 0 aliphatic heterocycles. The van der Waals surface area contributed by atoms with Crippen LogP contribution in [0.25, 0.3) is 11.0 Å². The number of hydrogen-bond donors (Lipinski definition) is 2. The number of rotatable bonds is 5. The Balaban J connectivity index is 1.66. The minimum absolute atomic E-state index is 0.0330. The predicted molar refractivity (Wildman–Crippen MR) is 88.7 cm³/mol. The van der Waals surface area contributed by atoms with E-state index < -0.39 is 17.6 Å². The molecule has 0 fully saturated rings. The van der Waals surface area contributed by atoms with E-state index in [0.29, 0.717) is 17.4 Å². The number of para-hydroxylation sites is 1. The highest BCUT2D eigenvalue weighted by atomic mass is 32.1. The zero-order chi connectivity index (χ0) is 16.2. The first kappa shape index (κ1) is 15.5. The van der Waals surface area contributed by atoms with Gasteiger partial charge in [0, 0.05) is 16.8 Å². The van der Waals surface area contributed by atoms with Crippen molar-refractivity contribution in [1.82, 2.24) is 5.32 Å². The van der Waals surface area contributed by atoms with Gasteiger partial charge in [0.2, 0.25) is 0 Å². The molecule has 0 saturated heterocycles. The summed E-state index contributed by atoms with van der Waals surface area (Å²) < 4.78 is 5.14. The van der Waals surface area contributed by atoms with Crippen molar-refractivity contribution in [2.75, 3.05) is 6.54 Å². The van der Waals surface area contributed by atoms with Gasteiger partial charge in [-0.2, -0.15) is 0 Å². The topological polar surface area (TPSA) is 79.5 Å². The summed E-state index contributed by atoms with van der Waals surface area (Å²) in [5, 5.41) is 15.2. The van der Waals surface area contributed by atoms with E-state index in [4.69, 9.17) is 4.42 Å². The SMILES string of the molecule is O=C(NCCC(O)c1cccs1)c1cc2ccccc2oc1=O. The second-order valence-electron chi connectivity index (χ2n) is 5.06. The molecular weight excluding hydrogens is 314 g/mol. The van der Waals surface area contributed by atoms with Gasteiger partial charge in [-0.15, -0.1) is 11.3 Å². The minimum atomic E-state index is -0.667. The molecule has 2 N–H and O–H groups in total. The summed E-state index contributed by atoms with van der Waals surface area (Å²) in [7, 11) is 0. The van der Waals surface area contributed by atoms with Crippen LogP contribution in [-0.2, 0) is 0 Å². The fourth-order valence-corrected chi connectivity index (χ4v) is 3.01. The van der Waals surface area contributed by atoms with Crippen molar-refractivity contribution in [1.29, 1.82) is 0 Å². The van der Waals surface area contributed by atoms with Crippen molar-refractivity contribution in [2.24, 2.45) is 0 Å². The van der Waals surface area contributed by atoms with Crippen LogP contribution < -0.4 is 10.9 Å². The van der Waals surface area contributed by atoms with Gasteiger partial charge in [0.05, 0.1) is 6.10 Å². The van der Waals surface area contributed by atoms with Crippen molar-refractivity contribution in [3.05, 3.63) is 68.7 Å². The molecule has 0 aliphatic carbocycles. The van der Waals surface area contributed by atoms with E-state index in [9.17, 15) is 14.7 Å². The number of aliphatic hydroxyl groups excluding tert-OH is 1. The fraction of sp³-hybridized carbons (Fsp3) is 0.176. The van der Waals surface area contributed by atoms with E-state index in [2.05, 4.69) is 5.32 Å². The first-order valence-electron chi connectivity index (χ1n) is 7.18. The Bertz CT molecular complexity index is 870. The highest BCUT2D eigenvalue weighted by molar-refractivity contribution is 7.10. The van der Waals surface area contributed by atoms with Crippen LogP contribution in [0.15, 0.2) is 57.1 Å². The first-order valence-corrected chi connectivity index (χ1v) is 8.05. The summed E-state index contributed by atoms with van der Waals surface area (Å²) in [6.07, 6.45) is -0.242. The first-order chi connectivity index (χ1) is 11.1. The van der Waals surface area contributed by atoms with Crippen molar-refractivity contribution in [3.8, 4) is 0 Å². The van der Waals surface area contributed by atoms with Gasteiger partial charge < -0.3 is 14.8 Å². The van der Waals surface area contributed by atoms with Crippen molar-refractivity contribution in [3.63, 3.8) is 0 Å². The number of carbonyl (C=O) groups excluding carboxylic acids is 1. The minimum Gasteiger partial charge on any atom is -0.422 e. The van der Waals surface area contributed by atoms with Crippen LogP contribution in [0.5, 0.6) is 0 Å². The van der Waals surface area contributed by atoms with Gasteiger partial charge >= 0.3 is 5.63 Å². The molecule has 0 aliphatic rings. The molecular formula is C17H15NO4S. The second-order valence-corrected chi connectivity index (χ2v) is 6.04. The molecule has 2 heterocycles. The van der Waals surface area contributed by atoms with Crippen LogP contribution in [0, 0.1) is 0 Å². The number of aliphatic hydroxyl groups is 1. The molecule has 1 atom stereocenters. The lowest BCUT2D eigenvalue weighted by atomic mass is 10.1. The molecule has 1 aromatic carbocycles. The summed E-state index contributed by atoms with van der Waals surface area (Å²) in [5.74, 6) is -0.497. The summed E-state index contributed by atoms with van der Waals surface area (Å²) in [4.78, 5) is 24.9. The molecule has 5 nitrogen and oxygen atoms in total. The van der Waals surface area contributed by atoms with E-state index in [-0.39, 0.29) is 12.1 Å². The van der Waals surface area contributed by atoms with Crippen LogP contribution in [0.1, 0.15) is 27.8 Å². The van der Waals surface area contributed by atoms with E-state index in [1.165, 1.54) is 17.4 Å². The lowest BCUT2D eigenvalue weighted by molar-refractivity contribution is 0.0940. The highest BCUT2D eigenvalue weighted by Gasteiger charge is 2.14. The number of carbonyl (C=O) groups is 1. The Labute approximate surface area is 136 Å². The van der Waals surface area contributed by atoms with Crippen molar-refractivity contribution in [2.45, 2.75) is 12.5 Å². The highest BCUT2D eigenvalue weighted by Crippen LogP contribution is 2.21. The van der Waals surface area contributed by atoms with Gasteiger partial charge in [0.25, 0.3) is 5.91 Å². The molecule has 23 heavy (non-hydrogen) atoms. The number of hydrogen-bond acceptors (Lipinski definition) is 5. The monoisotopic (exact) mass is 329 g/mol. The Morgan fingerprint density at radius 2 is 2.09 bits per heavy atom. The zero-order valence-electron chi connectivity index (χ0n) is 12.2. The number of amides is 1. The lowest BCUT2D eigenvalue weighted by Gasteiger charge is -2.09. The third-order valence-electron chi connectivity index (χ3n) is 3.46. The molecule has 2 aromatic heterocycles. The molecule has 0 spiro atoms. The van der Waals surface area contributed by atoms with Gasteiger partial charge in [0.1, 0.15) is 11.1 Å². The Kier molecular flexibility index (Phi) is 4.55. The molecule has 0 bridgehead atoms. The van der Waals surface area contributed by atoms with E-state index >= 15 is 0 Å². The third kappa shape index (κ3) is 3.49. The molecule has 0 radical (unpaired) electrons. The Morgan fingerprint density at radius 3 is 2.87 bits per heavy atom. The maximum absolute atomic E-state index is 12.1. The Hall–Kier alpha value is -2.44. The molecule has 118 valence electrons. The van der Waals surface area contributed by atoms with Crippen molar-refractivity contribution < 1.29 is 14.3 Å². The number of fused-ring (bicyclic) bond motifs is 1. The summed E-state index contributed by atoms with van der Waals surface area (Å²) in [6, 6.07) is 12.2. The van der Waals surface area contributed by atoms with Crippen molar-refractivity contribution >= 4 is 28.2 Å². The summed E-state index contributed by atoms with van der Waals surface area (Å²) in [6.45, 7) is 0.268. The number of benzene rings is 1. The lowest BCUT2D eigenvalue weighted by Crippen LogP contribution is -2.29. The summed E-state index contributed by atoms with van der Waals surface area (Å²) in [5.41, 5.74) is -0.253. The van der Waals surface area contributed by atoms with Crippen LogP contribution >= 0.6 is 11.3 Å². The molecule has 3 rings (SSSR count). The Morgan fingerprint density at radius 1 is 1.26 bits per heavy atom. The van der Waals surface area contributed by atoms with Crippen LogP contribution in [0.2, 0.25) is 0 Å². The average Bonchev–Trinajstić information content (AvgIpc) is 3.08. The van der Waals surface area contributed by atoms with Crippen LogP contribution in [0.3, 0.4) is 0 Å².